The number of ether oxygens (including phenoxy) is 1. The first-order chi connectivity index (χ1) is 13.1. The van der Waals surface area contributed by atoms with Crippen molar-refractivity contribution in [1.29, 1.82) is 0 Å². The molecule has 0 spiro atoms. The average molecular weight is 426 g/mol. The largest absolute Gasteiger partial charge is 0.497 e. The molecule has 0 aliphatic carbocycles. The van der Waals surface area contributed by atoms with E-state index in [0.29, 0.717) is 11.3 Å². The van der Waals surface area contributed by atoms with Crippen molar-refractivity contribution < 1.29 is 32.7 Å². The molecule has 1 saturated heterocycles. The number of benzene rings is 2. The number of methoxy groups -OCH3 is 1. The summed E-state index contributed by atoms with van der Waals surface area (Å²) in [7, 11) is -6.16. The molecule has 3 rings (SSSR count). The van der Waals surface area contributed by atoms with E-state index in [1.54, 1.807) is 68.4 Å². The van der Waals surface area contributed by atoms with Gasteiger partial charge in [-0.2, -0.15) is 0 Å². The molecular formula is C19H24O7P2. The first kappa shape index (κ1) is 21.3. The molecule has 4 atom stereocenters. The molecule has 2 aromatic rings. The fourth-order valence-electron chi connectivity index (χ4n) is 3.99. The van der Waals surface area contributed by atoms with Crippen LogP contribution in [0.1, 0.15) is 25.0 Å². The summed E-state index contributed by atoms with van der Waals surface area (Å²) in [5.74, 6) is -0.266. The van der Waals surface area contributed by atoms with Crippen LogP contribution in [0.25, 0.3) is 0 Å². The third-order valence-electron chi connectivity index (χ3n) is 5.79. The van der Waals surface area contributed by atoms with Gasteiger partial charge in [-0.25, -0.2) is 0 Å². The van der Waals surface area contributed by atoms with Crippen LogP contribution in [0, 0.1) is 5.92 Å². The maximum absolute atomic E-state index is 13.8. The van der Waals surface area contributed by atoms with Crippen molar-refractivity contribution in [1.82, 2.24) is 0 Å². The van der Waals surface area contributed by atoms with Crippen LogP contribution in [-0.2, 0) is 28.7 Å². The molecule has 1 heterocycles. The summed E-state index contributed by atoms with van der Waals surface area (Å²) in [4.78, 5) is 20.7. The van der Waals surface area contributed by atoms with Crippen molar-refractivity contribution >= 4 is 15.2 Å². The van der Waals surface area contributed by atoms with Crippen LogP contribution >= 0.6 is 15.2 Å². The summed E-state index contributed by atoms with van der Waals surface area (Å²) in [5.41, 5.74) is 0.836. The third kappa shape index (κ3) is 2.81. The lowest BCUT2D eigenvalue weighted by atomic mass is 9.81. The van der Waals surface area contributed by atoms with Crippen LogP contribution in [0.4, 0.5) is 0 Å². The first-order valence-electron chi connectivity index (χ1n) is 8.69. The number of rotatable bonds is 5. The van der Waals surface area contributed by atoms with Gasteiger partial charge in [-0.05, 0) is 30.2 Å². The van der Waals surface area contributed by atoms with Gasteiger partial charge in [-0.15, -0.1) is 0 Å². The SMILES string of the molecule is COc1ccc(C2(C)C(C)C(c3ccccc3)(P(=O)(O)O)OP2(=O)OC)cc1. The fourth-order valence-corrected chi connectivity index (χ4v) is 8.48. The van der Waals surface area contributed by atoms with Crippen LogP contribution < -0.4 is 4.74 Å². The molecule has 2 aromatic carbocycles. The highest BCUT2D eigenvalue weighted by Crippen LogP contribution is 2.84. The number of hydrogen-bond donors (Lipinski definition) is 2. The Bertz CT molecular complexity index is 941. The summed E-state index contributed by atoms with van der Waals surface area (Å²) in [6.45, 7) is 3.29. The Labute approximate surface area is 164 Å². The van der Waals surface area contributed by atoms with Gasteiger partial charge in [0, 0.05) is 13.0 Å². The lowest BCUT2D eigenvalue weighted by molar-refractivity contribution is 0.0829. The lowest BCUT2D eigenvalue weighted by Crippen LogP contribution is -2.37. The van der Waals surface area contributed by atoms with Gasteiger partial charge in [0.1, 0.15) is 10.9 Å². The Morgan fingerprint density at radius 3 is 2.07 bits per heavy atom. The van der Waals surface area contributed by atoms with Crippen molar-refractivity contribution in [2.45, 2.75) is 24.3 Å². The Hall–Kier alpha value is -1.46. The van der Waals surface area contributed by atoms with Gasteiger partial charge in [-0.1, -0.05) is 49.4 Å². The van der Waals surface area contributed by atoms with E-state index in [-0.39, 0.29) is 5.56 Å². The van der Waals surface area contributed by atoms with E-state index in [9.17, 15) is 18.9 Å². The minimum Gasteiger partial charge on any atom is -0.497 e. The predicted octanol–water partition coefficient (Wildman–Crippen LogP) is 4.45. The normalized spacial score (nSPS) is 33.0. The molecule has 7 nitrogen and oxygen atoms in total. The van der Waals surface area contributed by atoms with E-state index in [4.69, 9.17) is 13.8 Å². The zero-order valence-electron chi connectivity index (χ0n) is 16.1. The molecule has 0 amide bonds. The maximum atomic E-state index is 13.8. The van der Waals surface area contributed by atoms with E-state index < -0.39 is 31.6 Å². The van der Waals surface area contributed by atoms with E-state index in [2.05, 4.69) is 0 Å². The quantitative estimate of drug-likeness (QED) is 0.681. The maximum Gasteiger partial charge on any atom is 0.362 e. The van der Waals surface area contributed by atoms with Gasteiger partial charge in [0.15, 0.2) is 0 Å². The zero-order chi connectivity index (χ0) is 20.8. The smallest absolute Gasteiger partial charge is 0.362 e. The second-order valence-electron chi connectivity index (χ2n) is 6.98. The van der Waals surface area contributed by atoms with Crippen molar-refractivity contribution in [2.75, 3.05) is 14.2 Å². The topological polar surface area (TPSA) is 102 Å². The molecule has 9 heteroatoms. The minimum absolute atomic E-state index is 0.255. The molecule has 1 aliphatic heterocycles. The molecule has 0 aromatic heterocycles. The Morgan fingerprint density at radius 1 is 1.04 bits per heavy atom. The van der Waals surface area contributed by atoms with Crippen LogP contribution in [0.3, 0.4) is 0 Å². The molecule has 0 bridgehead atoms. The standard InChI is InChI=1S/C19H24O7P2/c1-14-18(2,15-10-12-17(24-3)13-11-15)28(23,25-4)26-19(14,27(20,21)22)16-8-6-5-7-9-16/h5-14H,1-4H3,(H2,20,21,22). The van der Waals surface area contributed by atoms with Gasteiger partial charge >= 0.3 is 15.2 Å². The van der Waals surface area contributed by atoms with Crippen LogP contribution in [0.2, 0.25) is 0 Å². The molecule has 0 radical (unpaired) electrons. The van der Waals surface area contributed by atoms with Crippen LogP contribution in [0.5, 0.6) is 5.75 Å². The molecule has 28 heavy (non-hydrogen) atoms. The Morgan fingerprint density at radius 2 is 1.61 bits per heavy atom. The monoisotopic (exact) mass is 426 g/mol. The highest BCUT2D eigenvalue weighted by molar-refractivity contribution is 7.58. The molecule has 4 unspecified atom stereocenters. The van der Waals surface area contributed by atoms with E-state index >= 15 is 0 Å². The lowest BCUT2D eigenvalue weighted by Gasteiger charge is -2.36. The van der Waals surface area contributed by atoms with Gasteiger partial charge in [0.25, 0.3) is 0 Å². The van der Waals surface area contributed by atoms with Gasteiger partial charge < -0.3 is 19.0 Å². The number of hydrogen-bond acceptors (Lipinski definition) is 5. The minimum atomic E-state index is -4.93. The summed E-state index contributed by atoms with van der Waals surface area (Å²) >= 11 is 0. The summed E-state index contributed by atoms with van der Waals surface area (Å²) < 4.78 is 42.9. The van der Waals surface area contributed by atoms with Gasteiger partial charge in [-0.3, -0.25) is 13.7 Å². The molecule has 2 N–H and O–H groups in total. The Balaban J connectivity index is 2.30. The van der Waals surface area contributed by atoms with E-state index in [1.807, 2.05) is 0 Å². The van der Waals surface area contributed by atoms with Crippen molar-refractivity contribution in [2.24, 2.45) is 5.92 Å². The highest BCUT2D eigenvalue weighted by Gasteiger charge is 2.74. The second-order valence-corrected chi connectivity index (χ2v) is 11.2. The molecule has 1 fully saturated rings. The highest BCUT2D eigenvalue weighted by atomic mass is 31.2. The first-order valence-corrected chi connectivity index (χ1v) is 11.8. The Kier molecular flexibility index (Phi) is 5.39. The zero-order valence-corrected chi connectivity index (χ0v) is 17.9. The second kappa shape index (κ2) is 7.10. The summed E-state index contributed by atoms with van der Waals surface area (Å²) in [6, 6.07) is 15.0. The summed E-state index contributed by atoms with van der Waals surface area (Å²) in [6.07, 6.45) is 0. The van der Waals surface area contributed by atoms with Crippen LogP contribution in [0.15, 0.2) is 54.6 Å². The fraction of sp³-hybridized carbons (Fsp3) is 0.368. The molecule has 1 aliphatic rings. The predicted molar refractivity (Wildman–Crippen MR) is 105 cm³/mol. The molecule has 152 valence electrons. The van der Waals surface area contributed by atoms with Gasteiger partial charge in [0.2, 0.25) is 5.34 Å². The molecule has 0 saturated carbocycles. The summed E-state index contributed by atoms with van der Waals surface area (Å²) in [5, 5.41) is -3.40. The van der Waals surface area contributed by atoms with Crippen LogP contribution in [-0.4, -0.2) is 24.0 Å². The van der Waals surface area contributed by atoms with Crippen molar-refractivity contribution in [3.8, 4) is 5.75 Å². The van der Waals surface area contributed by atoms with Gasteiger partial charge in [0.05, 0.1) is 7.11 Å². The van der Waals surface area contributed by atoms with E-state index in [0.717, 1.165) is 0 Å². The third-order valence-corrected chi connectivity index (χ3v) is 10.3. The van der Waals surface area contributed by atoms with Crippen molar-refractivity contribution in [3.63, 3.8) is 0 Å². The average Bonchev–Trinajstić information content (AvgIpc) is 2.89. The van der Waals surface area contributed by atoms with E-state index in [1.165, 1.54) is 14.2 Å². The molecular weight excluding hydrogens is 402 g/mol. The van der Waals surface area contributed by atoms with Crippen molar-refractivity contribution in [3.05, 3.63) is 65.7 Å².